The summed E-state index contributed by atoms with van der Waals surface area (Å²) in [5.41, 5.74) is 7.80. The van der Waals surface area contributed by atoms with Gasteiger partial charge >= 0.3 is 0 Å². The minimum atomic E-state index is -1.29. The fraction of sp³-hybridized carbons (Fsp3) is 0.0698. The zero-order chi connectivity index (χ0) is 36.6. The Bertz CT molecular complexity index is 2530. The van der Waals surface area contributed by atoms with Crippen molar-refractivity contribution in [3.05, 3.63) is 164 Å². The van der Waals surface area contributed by atoms with Gasteiger partial charge in [0.2, 0.25) is 0 Å². The maximum atomic E-state index is 8.22. The predicted molar refractivity (Wildman–Crippen MR) is 198 cm³/mol. The Hall–Kier alpha value is -4.93. The summed E-state index contributed by atoms with van der Waals surface area (Å²) in [5.74, 6) is 0. The van der Waals surface area contributed by atoms with E-state index in [1.807, 2.05) is 54.7 Å². The van der Waals surface area contributed by atoms with Crippen molar-refractivity contribution in [2.24, 2.45) is 0 Å². The van der Waals surface area contributed by atoms with E-state index in [0.717, 1.165) is 33.3 Å². The van der Waals surface area contributed by atoms with Gasteiger partial charge in [0.1, 0.15) is 5.58 Å². The molecular weight excluding hydrogens is 781 g/mol. The molecule has 0 N–H and O–H groups in total. The number of rotatable bonds is 5. The van der Waals surface area contributed by atoms with Gasteiger partial charge in [0.05, 0.1) is 20.5 Å². The first kappa shape index (κ1) is 27.1. The fourth-order valence-electron chi connectivity index (χ4n) is 5.41. The van der Waals surface area contributed by atoms with Crippen LogP contribution in [0.3, 0.4) is 0 Å². The molecule has 0 atom stereocenters. The SMILES string of the molecule is C[Si](C)(C)c1ccc(-c2[c-]ccc(-c3ccccc3)c2)nc1.[2H]c1c([2H])c([2H])c(-c2ccc3c(c2)oc2c(-c4ccccn4)[c-]ccc23)c([2H])c1[2H].[Ir]. The number of pyridine rings is 2. The van der Waals surface area contributed by atoms with E-state index >= 15 is 0 Å². The van der Waals surface area contributed by atoms with Gasteiger partial charge < -0.3 is 14.4 Å². The van der Waals surface area contributed by atoms with Crippen LogP contribution in [0.5, 0.6) is 0 Å². The molecule has 0 spiro atoms. The normalized spacial score (nSPS) is 12.5. The Morgan fingerprint density at radius 2 is 1.42 bits per heavy atom. The molecule has 0 saturated carbocycles. The van der Waals surface area contributed by atoms with Gasteiger partial charge in [-0.15, -0.1) is 53.6 Å². The molecule has 8 aromatic rings. The molecule has 3 heterocycles. The monoisotopic (exact) mass is 820 g/mol. The van der Waals surface area contributed by atoms with Crippen LogP contribution in [0.1, 0.15) is 6.85 Å². The standard InChI is InChI=1S/C23H14NO.C20H20NSi.Ir/c1-2-7-16(8-3-1)17-12-13-18-19-9-6-10-20(21-11-4-5-14-24-21)23(19)25-22(18)15-17;1-22(2,3)19-12-13-20(21-15-19)18-11-7-10-17(14-18)16-8-5-4-6-9-16;/h1-9,11-15H;4-10,12-15H,1-3H3;/q2*-1;/i1D,2D,3D,7D,8D;;. The summed E-state index contributed by atoms with van der Waals surface area (Å²) in [6.07, 6.45) is 3.74. The first-order chi connectivity index (χ1) is 25.0. The number of hydrogen-bond donors (Lipinski definition) is 0. The smallest absolute Gasteiger partial charge is 0.121 e. The average Bonchev–Trinajstić information content (AvgIpc) is 3.55. The molecule has 3 nitrogen and oxygen atoms in total. The summed E-state index contributed by atoms with van der Waals surface area (Å²) >= 11 is 0. The second-order valence-corrected chi connectivity index (χ2v) is 17.2. The average molecular weight is 820 g/mol. The zero-order valence-corrected chi connectivity index (χ0v) is 30.1. The van der Waals surface area contributed by atoms with E-state index in [1.54, 1.807) is 18.3 Å². The largest absolute Gasteiger partial charge is 0.501 e. The van der Waals surface area contributed by atoms with Gasteiger partial charge in [-0.25, -0.2) is 0 Å². The Morgan fingerprint density at radius 1 is 0.646 bits per heavy atom. The third kappa shape index (κ3) is 7.14. The van der Waals surface area contributed by atoms with E-state index in [-0.39, 0.29) is 49.8 Å². The molecule has 5 aromatic carbocycles. The summed E-state index contributed by atoms with van der Waals surface area (Å²) in [7, 11) is -1.29. The van der Waals surface area contributed by atoms with E-state index in [1.165, 1.54) is 16.3 Å². The van der Waals surface area contributed by atoms with E-state index in [4.69, 9.17) is 11.3 Å². The third-order valence-electron chi connectivity index (χ3n) is 7.96. The Kier molecular flexibility index (Phi) is 8.15. The van der Waals surface area contributed by atoms with E-state index < -0.39 is 14.1 Å². The van der Waals surface area contributed by atoms with Crippen molar-refractivity contribution in [1.82, 2.24) is 9.97 Å². The Morgan fingerprint density at radius 3 is 2.15 bits per heavy atom. The number of fused-ring (bicyclic) bond motifs is 3. The zero-order valence-electron chi connectivity index (χ0n) is 31.7. The van der Waals surface area contributed by atoms with E-state index in [0.29, 0.717) is 16.7 Å². The maximum Gasteiger partial charge on any atom is 0.121 e. The van der Waals surface area contributed by atoms with Crippen LogP contribution in [0.25, 0.3) is 66.7 Å². The van der Waals surface area contributed by atoms with Crippen LogP contribution >= 0.6 is 0 Å². The first-order valence-electron chi connectivity index (χ1n) is 17.9. The molecule has 3 aromatic heterocycles. The van der Waals surface area contributed by atoms with Gasteiger partial charge in [-0.3, -0.25) is 0 Å². The van der Waals surface area contributed by atoms with Crippen LogP contribution in [0.15, 0.2) is 156 Å². The van der Waals surface area contributed by atoms with Crippen molar-refractivity contribution in [2.75, 3.05) is 0 Å². The van der Waals surface area contributed by atoms with Gasteiger partial charge in [-0.05, 0) is 45.4 Å². The molecule has 0 aliphatic carbocycles. The minimum absolute atomic E-state index is 0. The van der Waals surface area contributed by atoms with Crippen molar-refractivity contribution in [1.29, 1.82) is 0 Å². The van der Waals surface area contributed by atoms with Gasteiger partial charge in [0.25, 0.3) is 0 Å². The van der Waals surface area contributed by atoms with Crippen molar-refractivity contribution in [2.45, 2.75) is 19.6 Å². The molecule has 0 saturated heterocycles. The number of aromatic nitrogens is 2. The molecule has 8 rings (SSSR count). The van der Waals surface area contributed by atoms with Crippen LogP contribution in [-0.4, -0.2) is 18.0 Å². The molecule has 1 radical (unpaired) electrons. The topological polar surface area (TPSA) is 38.9 Å². The molecule has 0 fully saturated rings. The van der Waals surface area contributed by atoms with Gasteiger partial charge in [0.15, 0.2) is 0 Å². The van der Waals surface area contributed by atoms with Crippen LogP contribution in [0.4, 0.5) is 0 Å². The molecular formula is C43H34IrN2OSi-2. The quantitative estimate of drug-likeness (QED) is 0.128. The predicted octanol–water partition coefficient (Wildman–Crippen LogP) is 10.9. The fourth-order valence-corrected chi connectivity index (χ4v) is 6.45. The molecule has 0 aliphatic rings. The van der Waals surface area contributed by atoms with Crippen molar-refractivity contribution < 1.29 is 31.4 Å². The molecule has 0 amide bonds. The summed E-state index contributed by atoms with van der Waals surface area (Å²) < 4.78 is 46.2. The molecule has 237 valence electrons. The first-order valence-corrected chi connectivity index (χ1v) is 18.9. The van der Waals surface area contributed by atoms with Crippen molar-refractivity contribution in [3.8, 4) is 44.8 Å². The summed E-state index contributed by atoms with van der Waals surface area (Å²) in [4.78, 5) is 9.04. The second-order valence-electron chi connectivity index (χ2n) is 12.2. The van der Waals surface area contributed by atoms with E-state index in [9.17, 15) is 0 Å². The van der Waals surface area contributed by atoms with Crippen LogP contribution in [-0.2, 0) is 20.1 Å². The van der Waals surface area contributed by atoms with E-state index in [2.05, 4.69) is 90.3 Å². The van der Waals surface area contributed by atoms with Gasteiger partial charge in [-0.2, -0.15) is 0 Å². The number of benzene rings is 5. The van der Waals surface area contributed by atoms with Crippen LogP contribution < -0.4 is 5.19 Å². The van der Waals surface area contributed by atoms with Crippen LogP contribution in [0.2, 0.25) is 19.6 Å². The number of furan rings is 1. The van der Waals surface area contributed by atoms with Gasteiger partial charge in [0, 0.05) is 37.9 Å². The number of hydrogen-bond acceptors (Lipinski definition) is 3. The third-order valence-corrected chi connectivity index (χ3v) is 9.98. The van der Waals surface area contributed by atoms with Crippen LogP contribution in [0, 0.1) is 12.1 Å². The van der Waals surface area contributed by atoms with Crippen molar-refractivity contribution >= 4 is 35.2 Å². The maximum absolute atomic E-state index is 8.22. The molecule has 0 unspecified atom stereocenters. The summed E-state index contributed by atoms with van der Waals surface area (Å²) in [5, 5.41) is 3.15. The minimum Gasteiger partial charge on any atom is -0.501 e. The van der Waals surface area contributed by atoms with Crippen molar-refractivity contribution in [3.63, 3.8) is 0 Å². The summed E-state index contributed by atoms with van der Waals surface area (Å²) in [6, 6.07) is 40.5. The molecule has 5 heteroatoms. The van der Waals surface area contributed by atoms with Gasteiger partial charge in [-0.1, -0.05) is 128 Å². The molecule has 0 bridgehead atoms. The molecule has 0 aliphatic heterocycles. The Balaban J connectivity index is 0.000000187. The summed E-state index contributed by atoms with van der Waals surface area (Å²) in [6.45, 7) is 7.02. The number of nitrogens with zero attached hydrogens (tertiary/aromatic N) is 2. The Labute approximate surface area is 303 Å². The second kappa shape index (κ2) is 14.5. The molecule has 48 heavy (non-hydrogen) atoms.